The fourth-order valence-corrected chi connectivity index (χ4v) is 1.50. The van der Waals surface area contributed by atoms with E-state index in [-0.39, 0.29) is 24.9 Å². The Balaban J connectivity index is 2.60. The number of aromatic nitrogens is 3. The Bertz CT molecular complexity index is 443. The van der Waals surface area contributed by atoms with Crippen molar-refractivity contribution in [1.29, 1.82) is 0 Å². The van der Waals surface area contributed by atoms with E-state index in [4.69, 9.17) is 5.73 Å². The third kappa shape index (κ3) is 4.32. The van der Waals surface area contributed by atoms with Gasteiger partial charge in [-0.1, -0.05) is 19.1 Å². The van der Waals surface area contributed by atoms with Crippen LogP contribution in [0.1, 0.15) is 19.5 Å². The number of rotatable bonds is 6. The number of nitrogens with two attached hydrogens (primary N) is 1. The molecule has 1 atom stereocenters. The molecular weight excluding hydrogens is 250 g/mol. The molecule has 0 aliphatic rings. The largest absolute Gasteiger partial charge is 0.467 e. The Kier molecular flexibility index (Phi) is 5.43. The molecule has 8 heteroatoms. The van der Waals surface area contributed by atoms with Crippen molar-refractivity contribution in [2.24, 2.45) is 11.7 Å². The normalized spacial score (nSPS) is 12.3. The van der Waals surface area contributed by atoms with Crippen LogP contribution in [0.15, 0.2) is 6.20 Å². The fraction of sp³-hybridized carbons (Fsp3) is 0.636. The SMILES string of the molecule is COC(=O)[C@@H](NC(=O)Cn1cc(CN)nn1)C(C)C. The molecule has 0 bridgehead atoms. The summed E-state index contributed by atoms with van der Waals surface area (Å²) in [5.41, 5.74) is 5.99. The summed E-state index contributed by atoms with van der Waals surface area (Å²) in [6, 6.07) is -0.671. The van der Waals surface area contributed by atoms with E-state index in [2.05, 4.69) is 20.4 Å². The molecule has 0 fully saturated rings. The molecule has 1 rings (SSSR count). The summed E-state index contributed by atoms with van der Waals surface area (Å²) >= 11 is 0. The monoisotopic (exact) mass is 269 g/mol. The van der Waals surface area contributed by atoms with Crippen LogP contribution >= 0.6 is 0 Å². The third-order valence-corrected chi connectivity index (χ3v) is 2.54. The van der Waals surface area contributed by atoms with Crippen LogP contribution in [-0.2, 0) is 27.4 Å². The Hall–Kier alpha value is -1.96. The number of carbonyl (C=O) groups is 2. The van der Waals surface area contributed by atoms with Crippen molar-refractivity contribution in [3.05, 3.63) is 11.9 Å². The predicted molar refractivity (Wildman–Crippen MR) is 66.7 cm³/mol. The Labute approximate surface area is 111 Å². The smallest absolute Gasteiger partial charge is 0.328 e. The van der Waals surface area contributed by atoms with Crippen LogP contribution in [0.4, 0.5) is 0 Å². The van der Waals surface area contributed by atoms with Gasteiger partial charge < -0.3 is 15.8 Å². The summed E-state index contributed by atoms with van der Waals surface area (Å²) in [5.74, 6) is -0.867. The Morgan fingerprint density at radius 1 is 1.53 bits per heavy atom. The van der Waals surface area contributed by atoms with Crippen LogP contribution in [0, 0.1) is 5.92 Å². The second-order valence-corrected chi connectivity index (χ2v) is 4.42. The number of carbonyl (C=O) groups excluding carboxylic acids is 2. The minimum atomic E-state index is -0.671. The van der Waals surface area contributed by atoms with Crippen molar-refractivity contribution in [3.8, 4) is 0 Å². The third-order valence-electron chi connectivity index (χ3n) is 2.54. The van der Waals surface area contributed by atoms with Crippen LogP contribution in [0.25, 0.3) is 0 Å². The molecule has 19 heavy (non-hydrogen) atoms. The van der Waals surface area contributed by atoms with E-state index in [1.165, 1.54) is 11.8 Å². The van der Waals surface area contributed by atoms with E-state index in [0.29, 0.717) is 5.69 Å². The zero-order chi connectivity index (χ0) is 14.4. The molecule has 8 nitrogen and oxygen atoms in total. The van der Waals surface area contributed by atoms with Gasteiger partial charge in [0.2, 0.25) is 5.91 Å². The second kappa shape index (κ2) is 6.83. The van der Waals surface area contributed by atoms with Crippen molar-refractivity contribution in [2.45, 2.75) is 33.0 Å². The molecule has 106 valence electrons. The molecular formula is C11H19N5O3. The van der Waals surface area contributed by atoms with Gasteiger partial charge in [-0.3, -0.25) is 4.79 Å². The molecule has 1 aromatic rings. The first-order chi connectivity index (χ1) is 8.97. The van der Waals surface area contributed by atoms with Gasteiger partial charge >= 0.3 is 5.97 Å². The highest BCUT2D eigenvalue weighted by atomic mass is 16.5. The van der Waals surface area contributed by atoms with Gasteiger partial charge in [-0.2, -0.15) is 0 Å². The lowest BCUT2D eigenvalue weighted by atomic mass is 10.0. The van der Waals surface area contributed by atoms with Gasteiger partial charge in [-0.25, -0.2) is 9.48 Å². The fourth-order valence-electron chi connectivity index (χ4n) is 1.50. The Morgan fingerprint density at radius 2 is 2.21 bits per heavy atom. The number of hydrogen-bond donors (Lipinski definition) is 2. The molecule has 0 unspecified atom stereocenters. The summed E-state index contributed by atoms with van der Waals surface area (Å²) in [7, 11) is 1.29. The Morgan fingerprint density at radius 3 is 2.68 bits per heavy atom. The number of amides is 1. The summed E-state index contributed by atoms with van der Waals surface area (Å²) < 4.78 is 6.01. The maximum Gasteiger partial charge on any atom is 0.328 e. The standard InChI is InChI=1S/C11H19N5O3/c1-7(2)10(11(18)19-3)13-9(17)6-16-5-8(4-12)14-15-16/h5,7,10H,4,6,12H2,1-3H3,(H,13,17)/t10-/m0/s1. The number of nitrogens with zero attached hydrogens (tertiary/aromatic N) is 3. The van der Waals surface area contributed by atoms with Crippen LogP contribution in [0.3, 0.4) is 0 Å². The predicted octanol–water partition coefficient (Wildman–Crippen LogP) is -0.949. The van der Waals surface area contributed by atoms with E-state index in [1.54, 1.807) is 6.20 Å². The van der Waals surface area contributed by atoms with Gasteiger partial charge in [-0.15, -0.1) is 5.10 Å². The lowest BCUT2D eigenvalue weighted by molar-refractivity contribution is -0.146. The van der Waals surface area contributed by atoms with Crippen LogP contribution in [0.2, 0.25) is 0 Å². The number of ether oxygens (including phenoxy) is 1. The highest BCUT2D eigenvalue weighted by Gasteiger charge is 2.24. The molecule has 1 aromatic heterocycles. The lowest BCUT2D eigenvalue weighted by Crippen LogP contribution is -2.46. The quantitative estimate of drug-likeness (QED) is 0.644. The topological polar surface area (TPSA) is 112 Å². The molecule has 0 saturated heterocycles. The number of nitrogens with one attached hydrogen (secondary N) is 1. The van der Waals surface area contributed by atoms with Crippen molar-refractivity contribution < 1.29 is 14.3 Å². The first-order valence-electron chi connectivity index (χ1n) is 5.94. The van der Waals surface area contributed by atoms with Gasteiger partial charge in [0, 0.05) is 6.54 Å². The van der Waals surface area contributed by atoms with E-state index in [0.717, 1.165) is 0 Å². The van der Waals surface area contributed by atoms with Gasteiger partial charge in [0.15, 0.2) is 0 Å². The van der Waals surface area contributed by atoms with Crippen molar-refractivity contribution in [2.75, 3.05) is 7.11 Å². The molecule has 0 saturated carbocycles. The second-order valence-electron chi connectivity index (χ2n) is 4.42. The van der Waals surface area contributed by atoms with Gasteiger partial charge in [0.25, 0.3) is 0 Å². The molecule has 0 aliphatic carbocycles. The molecule has 1 amide bonds. The maximum atomic E-state index is 11.8. The molecule has 3 N–H and O–H groups in total. The number of esters is 1. The summed E-state index contributed by atoms with van der Waals surface area (Å²) in [6.07, 6.45) is 1.59. The first-order valence-corrected chi connectivity index (χ1v) is 5.94. The molecule has 0 aromatic carbocycles. The number of hydrogen-bond acceptors (Lipinski definition) is 6. The highest BCUT2D eigenvalue weighted by Crippen LogP contribution is 2.03. The summed E-state index contributed by atoms with van der Waals surface area (Å²) in [5, 5.41) is 10.1. The average Bonchev–Trinajstić information content (AvgIpc) is 2.82. The van der Waals surface area contributed by atoms with E-state index >= 15 is 0 Å². The summed E-state index contributed by atoms with van der Waals surface area (Å²) in [6.45, 7) is 3.89. The minimum absolute atomic E-state index is 0.0206. The van der Waals surface area contributed by atoms with Crippen LogP contribution in [-0.4, -0.2) is 40.0 Å². The van der Waals surface area contributed by atoms with Gasteiger partial charge in [0.05, 0.1) is 19.0 Å². The molecule has 1 heterocycles. The van der Waals surface area contributed by atoms with Crippen LogP contribution < -0.4 is 11.1 Å². The van der Waals surface area contributed by atoms with Crippen LogP contribution in [0.5, 0.6) is 0 Å². The van der Waals surface area contributed by atoms with Crippen molar-refractivity contribution in [1.82, 2.24) is 20.3 Å². The number of methoxy groups -OCH3 is 1. The maximum absolute atomic E-state index is 11.8. The zero-order valence-corrected chi connectivity index (χ0v) is 11.3. The average molecular weight is 269 g/mol. The zero-order valence-electron chi connectivity index (χ0n) is 11.3. The first kappa shape index (κ1) is 15.1. The van der Waals surface area contributed by atoms with Gasteiger partial charge in [-0.05, 0) is 5.92 Å². The van der Waals surface area contributed by atoms with E-state index in [9.17, 15) is 9.59 Å². The summed E-state index contributed by atoms with van der Waals surface area (Å²) in [4.78, 5) is 23.3. The van der Waals surface area contributed by atoms with Crippen molar-refractivity contribution >= 4 is 11.9 Å². The lowest BCUT2D eigenvalue weighted by Gasteiger charge is -2.19. The molecule has 0 spiro atoms. The highest BCUT2D eigenvalue weighted by molar-refractivity contribution is 5.84. The van der Waals surface area contributed by atoms with Crippen molar-refractivity contribution in [3.63, 3.8) is 0 Å². The van der Waals surface area contributed by atoms with E-state index < -0.39 is 12.0 Å². The van der Waals surface area contributed by atoms with E-state index in [1.807, 2.05) is 13.8 Å². The molecule has 0 radical (unpaired) electrons. The molecule has 0 aliphatic heterocycles. The van der Waals surface area contributed by atoms with Gasteiger partial charge in [0.1, 0.15) is 12.6 Å². The minimum Gasteiger partial charge on any atom is -0.467 e.